The number of nitrogens with two attached hydrogens (primary N) is 1. The highest BCUT2D eigenvalue weighted by Gasteiger charge is 2.24. The number of hydrogen-bond acceptors (Lipinski definition) is 5. The molecule has 0 aliphatic carbocycles. The Morgan fingerprint density at radius 3 is 2.89 bits per heavy atom. The minimum atomic E-state index is -0.243. The average Bonchev–Trinajstić information content (AvgIpc) is 2.76. The average molecular weight is 286 g/mol. The third-order valence-corrected chi connectivity index (χ3v) is 2.96. The van der Waals surface area contributed by atoms with Gasteiger partial charge < -0.3 is 15.4 Å². The third-order valence-electron chi connectivity index (χ3n) is 2.96. The zero-order valence-corrected chi connectivity index (χ0v) is 12.0. The van der Waals surface area contributed by atoms with Crippen LogP contribution in [0.5, 0.6) is 5.75 Å². The van der Waals surface area contributed by atoms with Gasteiger partial charge in [-0.05, 0) is 18.6 Å². The Morgan fingerprint density at radius 2 is 2.32 bits per heavy atom. The topological polar surface area (TPSA) is 68.5 Å². The van der Waals surface area contributed by atoms with Gasteiger partial charge in [-0.2, -0.15) is 0 Å². The van der Waals surface area contributed by atoms with Crippen LogP contribution in [0.2, 0.25) is 0 Å². The molecule has 6 heteroatoms. The van der Waals surface area contributed by atoms with Gasteiger partial charge in [0.15, 0.2) is 11.6 Å². The van der Waals surface area contributed by atoms with Crippen molar-refractivity contribution in [3.63, 3.8) is 0 Å². The smallest absolute Gasteiger partial charge is 0.313 e. The Morgan fingerprint density at radius 1 is 1.58 bits per heavy atom. The normalized spacial score (nSPS) is 18.3. The lowest BCUT2D eigenvalue weighted by atomic mass is 10.2. The van der Waals surface area contributed by atoms with Gasteiger partial charge in [-0.25, -0.2) is 4.98 Å². The minimum absolute atomic E-state index is 0. The van der Waals surface area contributed by atoms with Crippen molar-refractivity contribution in [1.82, 2.24) is 4.98 Å². The van der Waals surface area contributed by atoms with Crippen LogP contribution < -0.4 is 15.4 Å². The van der Waals surface area contributed by atoms with Gasteiger partial charge in [-0.15, -0.1) is 12.4 Å². The first-order valence-corrected chi connectivity index (χ1v) is 6.25. The predicted molar refractivity (Wildman–Crippen MR) is 76.8 cm³/mol. The van der Waals surface area contributed by atoms with Crippen molar-refractivity contribution < 1.29 is 9.53 Å². The van der Waals surface area contributed by atoms with E-state index in [0.29, 0.717) is 11.6 Å². The second-order valence-electron chi connectivity index (χ2n) is 4.90. The summed E-state index contributed by atoms with van der Waals surface area (Å²) in [6, 6.07) is 3.70. The SMILES string of the molecule is CC(C)C(=O)Oc1cccnc1N1CC[C@@H](N)C1.Cl. The molecule has 0 spiro atoms. The summed E-state index contributed by atoms with van der Waals surface area (Å²) in [6.45, 7) is 5.22. The van der Waals surface area contributed by atoms with Gasteiger partial charge in [0.2, 0.25) is 0 Å². The van der Waals surface area contributed by atoms with E-state index in [1.807, 2.05) is 13.8 Å². The maximum atomic E-state index is 11.7. The molecule has 1 atom stereocenters. The summed E-state index contributed by atoms with van der Waals surface area (Å²) in [5.41, 5.74) is 5.88. The lowest BCUT2D eigenvalue weighted by Gasteiger charge is -2.19. The Kier molecular flexibility index (Phi) is 5.57. The summed E-state index contributed by atoms with van der Waals surface area (Å²) in [5.74, 6) is 0.830. The van der Waals surface area contributed by atoms with Crippen molar-refractivity contribution in [2.45, 2.75) is 26.3 Å². The fourth-order valence-corrected chi connectivity index (χ4v) is 1.91. The Labute approximate surface area is 119 Å². The summed E-state index contributed by atoms with van der Waals surface area (Å²) in [7, 11) is 0. The van der Waals surface area contributed by atoms with E-state index in [1.165, 1.54) is 0 Å². The highest BCUT2D eigenvalue weighted by atomic mass is 35.5. The number of pyridine rings is 1. The number of esters is 1. The van der Waals surface area contributed by atoms with Gasteiger partial charge in [0.1, 0.15) is 0 Å². The number of aromatic nitrogens is 1. The van der Waals surface area contributed by atoms with Crippen LogP contribution in [0.15, 0.2) is 18.3 Å². The van der Waals surface area contributed by atoms with E-state index >= 15 is 0 Å². The molecule has 2 rings (SSSR count). The lowest BCUT2D eigenvalue weighted by molar-refractivity contribution is -0.137. The number of anilines is 1. The first-order chi connectivity index (χ1) is 8.58. The van der Waals surface area contributed by atoms with Gasteiger partial charge >= 0.3 is 5.97 Å². The maximum Gasteiger partial charge on any atom is 0.313 e. The fourth-order valence-electron chi connectivity index (χ4n) is 1.91. The fraction of sp³-hybridized carbons (Fsp3) is 0.538. The van der Waals surface area contributed by atoms with E-state index in [1.54, 1.807) is 18.3 Å². The summed E-state index contributed by atoms with van der Waals surface area (Å²) >= 11 is 0. The Hall–Kier alpha value is -1.33. The summed E-state index contributed by atoms with van der Waals surface area (Å²) < 4.78 is 5.37. The second kappa shape index (κ2) is 6.73. The van der Waals surface area contributed by atoms with Gasteiger partial charge in [0.25, 0.3) is 0 Å². The molecule has 0 unspecified atom stereocenters. The molecule has 2 N–H and O–H groups in total. The molecule has 1 aromatic rings. The van der Waals surface area contributed by atoms with Crippen LogP contribution in [0.3, 0.4) is 0 Å². The van der Waals surface area contributed by atoms with Crippen molar-refractivity contribution in [2.24, 2.45) is 11.7 Å². The molecular formula is C13H20ClN3O2. The Balaban J connectivity index is 0.00000180. The molecule has 1 aromatic heterocycles. The molecule has 2 heterocycles. The molecule has 1 fully saturated rings. The lowest BCUT2D eigenvalue weighted by Crippen LogP contribution is -2.27. The zero-order valence-electron chi connectivity index (χ0n) is 11.2. The van der Waals surface area contributed by atoms with Crippen molar-refractivity contribution in [3.8, 4) is 5.75 Å². The number of rotatable bonds is 3. The minimum Gasteiger partial charge on any atom is -0.422 e. The Bertz CT molecular complexity index is 440. The molecule has 5 nitrogen and oxygen atoms in total. The maximum absolute atomic E-state index is 11.7. The second-order valence-corrected chi connectivity index (χ2v) is 4.90. The van der Waals surface area contributed by atoms with Crippen LogP contribution in [-0.4, -0.2) is 30.1 Å². The molecule has 106 valence electrons. The molecule has 0 saturated carbocycles. The van der Waals surface area contributed by atoms with E-state index in [9.17, 15) is 4.79 Å². The van der Waals surface area contributed by atoms with E-state index in [2.05, 4.69) is 9.88 Å². The molecule has 0 radical (unpaired) electrons. The molecule has 1 aliphatic rings. The monoisotopic (exact) mass is 285 g/mol. The molecule has 1 aliphatic heterocycles. The number of carbonyl (C=O) groups is 1. The van der Waals surface area contributed by atoms with E-state index in [4.69, 9.17) is 10.5 Å². The number of halogens is 1. The van der Waals surface area contributed by atoms with Crippen LogP contribution >= 0.6 is 12.4 Å². The van der Waals surface area contributed by atoms with Crippen LogP contribution in [-0.2, 0) is 4.79 Å². The molecule has 0 amide bonds. The van der Waals surface area contributed by atoms with Crippen molar-refractivity contribution >= 4 is 24.2 Å². The zero-order chi connectivity index (χ0) is 13.1. The number of carbonyl (C=O) groups excluding carboxylic acids is 1. The highest BCUT2D eigenvalue weighted by molar-refractivity contribution is 5.85. The first-order valence-electron chi connectivity index (χ1n) is 6.25. The molecule has 0 bridgehead atoms. The number of ether oxygens (including phenoxy) is 1. The molecule has 19 heavy (non-hydrogen) atoms. The van der Waals surface area contributed by atoms with Gasteiger partial charge in [-0.1, -0.05) is 13.8 Å². The molecule has 1 saturated heterocycles. The molecular weight excluding hydrogens is 266 g/mol. The van der Waals surface area contributed by atoms with Crippen LogP contribution in [0, 0.1) is 5.92 Å². The van der Waals surface area contributed by atoms with Crippen LogP contribution in [0.1, 0.15) is 20.3 Å². The standard InChI is InChI=1S/C13H19N3O2.ClH/c1-9(2)13(17)18-11-4-3-6-15-12(11)16-7-5-10(14)8-16;/h3-4,6,9-10H,5,7-8,14H2,1-2H3;1H/t10-;/m1./s1. The van der Waals surface area contributed by atoms with Crippen molar-refractivity contribution in [2.75, 3.05) is 18.0 Å². The largest absolute Gasteiger partial charge is 0.422 e. The predicted octanol–water partition coefficient (Wildman–Crippen LogP) is 1.60. The summed E-state index contributed by atoms with van der Waals surface area (Å²) in [4.78, 5) is 18.0. The summed E-state index contributed by atoms with van der Waals surface area (Å²) in [6.07, 6.45) is 2.64. The van der Waals surface area contributed by atoms with Crippen LogP contribution in [0.25, 0.3) is 0 Å². The van der Waals surface area contributed by atoms with Gasteiger partial charge in [0, 0.05) is 25.3 Å². The quantitative estimate of drug-likeness (QED) is 0.855. The third kappa shape index (κ3) is 3.81. The van der Waals surface area contributed by atoms with Gasteiger partial charge in [0.05, 0.1) is 5.92 Å². The number of hydrogen-bond donors (Lipinski definition) is 1. The van der Waals surface area contributed by atoms with Crippen molar-refractivity contribution in [3.05, 3.63) is 18.3 Å². The van der Waals surface area contributed by atoms with Crippen molar-refractivity contribution in [1.29, 1.82) is 0 Å². The van der Waals surface area contributed by atoms with E-state index in [-0.39, 0.29) is 30.3 Å². The summed E-state index contributed by atoms with van der Waals surface area (Å²) in [5, 5.41) is 0. The highest BCUT2D eigenvalue weighted by Crippen LogP contribution is 2.28. The van der Waals surface area contributed by atoms with Gasteiger partial charge in [-0.3, -0.25) is 4.79 Å². The molecule has 0 aromatic carbocycles. The van der Waals surface area contributed by atoms with Crippen LogP contribution in [0.4, 0.5) is 5.82 Å². The first kappa shape index (κ1) is 15.7. The van der Waals surface area contributed by atoms with E-state index in [0.717, 1.165) is 19.5 Å². The van der Waals surface area contributed by atoms with E-state index < -0.39 is 0 Å². The number of nitrogens with zero attached hydrogens (tertiary/aromatic N) is 2.